The van der Waals surface area contributed by atoms with Crippen molar-refractivity contribution in [3.63, 3.8) is 0 Å². The van der Waals surface area contributed by atoms with Crippen molar-refractivity contribution in [1.29, 1.82) is 0 Å². The van der Waals surface area contributed by atoms with E-state index in [1.807, 2.05) is 0 Å². The fourth-order valence-electron chi connectivity index (χ4n) is 0. The number of halogens is 1. The van der Waals surface area contributed by atoms with E-state index >= 15 is 0 Å². The average molecular weight is 775 g/mol. The molecular formula is C10H28Au3Cl-4. The van der Waals surface area contributed by atoms with Crippen molar-refractivity contribution < 1.29 is 64.7 Å². The van der Waals surface area contributed by atoms with E-state index in [4.69, 9.17) is 0 Å². The number of rotatable bonds is 0. The minimum atomic E-state index is 0. The van der Waals surface area contributed by atoms with Crippen LogP contribution in [0.15, 0.2) is 0 Å². The van der Waals surface area contributed by atoms with Gasteiger partial charge in [-0.3, -0.25) is 0 Å². The predicted octanol–water partition coefficient (Wildman–Crippen LogP) is 5.32. The molecule has 0 aromatic heterocycles. The third kappa shape index (κ3) is 420. The van der Waals surface area contributed by atoms with Gasteiger partial charge in [0.2, 0.25) is 0 Å². The van der Waals surface area contributed by atoms with Gasteiger partial charge in [0.1, 0.15) is 0 Å². The van der Waals surface area contributed by atoms with Crippen molar-refractivity contribution in [2.75, 3.05) is 0 Å². The molecule has 0 aromatic carbocycles. The molecule has 0 aliphatic heterocycles. The van der Waals surface area contributed by atoms with E-state index in [1.54, 1.807) is 20.0 Å². The van der Waals surface area contributed by atoms with Crippen molar-refractivity contribution in [3.05, 3.63) is 28.7 Å². The third-order valence-corrected chi connectivity index (χ3v) is 0. The predicted molar refractivity (Wildman–Crippen MR) is 63.4 cm³/mol. The molecule has 0 fully saturated rings. The molecule has 0 aliphatic carbocycles. The Labute approximate surface area is 142 Å². The van der Waals surface area contributed by atoms with E-state index in [1.165, 1.54) is 6.42 Å². The van der Waals surface area contributed by atoms with Crippen LogP contribution in [0, 0.1) is 28.7 Å². The van der Waals surface area contributed by atoms with E-state index in [0.29, 0.717) is 0 Å². The standard InChI is InChI=1S/C3H8.C3H6.2CH4.2CH3.3Au.ClH/c2*1-3-2;;;;;;;;/h3H2,1-2H3;1-3H2;2*1H4;2*1H3;;;;1H/q;-2;;;2*-1;;;+1;/p-1. The van der Waals surface area contributed by atoms with Crippen LogP contribution >= 0.6 is 9.19 Å². The van der Waals surface area contributed by atoms with Gasteiger partial charge in [-0.1, -0.05) is 35.1 Å². The Kier molecular flexibility index (Phi) is 807. The second-order valence-electron chi connectivity index (χ2n) is 1.06. The van der Waals surface area contributed by atoms with Crippen molar-refractivity contribution >= 4 is 9.19 Å². The number of hydrogen-bond acceptors (Lipinski definition) is 0. The molecule has 0 N–H and O–H groups in total. The van der Waals surface area contributed by atoms with Crippen LogP contribution in [-0.2, 0) is 64.7 Å². The van der Waals surface area contributed by atoms with E-state index in [9.17, 15) is 0 Å². The zero-order chi connectivity index (χ0) is 7.41. The number of hydrogen-bond donors (Lipinski definition) is 0. The molecule has 0 nitrogen and oxygen atoms in total. The third-order valence-electron chi connectivity index (χ3n) is 0. The van der Waals surface area contributed by atoms with Gasteiger partial charge in [0.05, 0.1) is 0 Å². The van der Waals surface area contributed by atoms with Gasteiger partial charge in [-0.15, -0.1) is 0 Å². The SMILES string of the molecule is C.C.CCC.[Au].[Au].[CH2-]C[CH2-].[CH3-].[CH3-].[Cl][Au]. The maximum atomic E-state index is 4.58. The topological polar surface area (TPSA) is 0 Å². The molecule has 4 heteroatoms. The molecule has 0 rings (SSSR count). The molecule has 0 saturated heterocycles. The van der Waals surface area contributed by atoms with Crippen LogP contribution in [0.25, 0.3) is 0 Å². The van der Waals surface area contributed by atoms with Crippen LogP contribution in [0.2, 0.25) is 0 Å². The molecule has 0 atom stereocenters. The molecule has 0 amide bonds. The van der Waals surface area contributed by atoms with Crippen molar-refractivity contribution in [3.8, 4) is 0 Å². The fourth-order valence-corrected chi connectivity index (χ4v) is 0. The first-order valence-electron chi connectivity index (χ1n) is 2.53. The maximum absolute atomic E-state index is 4.58. The Morgan fingerprint density at radius 1 is 0.929 bits per heavy atom. The fraction of sp³-hybridized carbons (Fsp3) is 0.600. The summed E-state index contributed by atoms with van der Waals surface area (Å²) in [5.74, 6) is 0. The molecule has 112 valence electrons. The van der Waals surface area contributed by atoms with Crippen molar-refractivity contribution in [2.24, 2.45) is 0 Å². The first-order chi connectivity index (χ1) is 3.83. The Balaban J connectivity index is -0.00000000319. The van der Waals surface area contributed by atoms with Crippen LogP contribution in [0.5, 0.6) is 0 Å². The average Bonchev–Trinajstić information content (AvgIpc) is 1.75. The molecule has 0 aliphatic rings. The molecule has 0 saturated carbocycles. The molecule has 0 heterocycles. The van der Waals surface area contributed by atoms with Gasteiger partial charge in [0, 0.05) is 44.8 Å². The van der Waals surface area contributed by atoms with Gasteiger partial charge in [-0.05, 0) is 0 Å². The first-order valence-corrected chi connectivity index (χ1v) is 5.21. The molecule has 0 aromatic rings. The van der Waals surface area contributed by atoms with E-state index in [2.05, 4.69) is 36.9 Å². The first kappa shape index (κ1) is 70.4. The van der Waals surface area contributed by atoms with Gasteiger partial charge in [-0.25, -0.2) is 0 Å². The Hall–Kier alpha value is 2.51. The Morgan fingerprint density at radius 2 is 0.929 bits per heavy atom. The summed E-state index contributed by atoms with van der Waals surface area (Å²) in [6, 6.07) is 0. The summed E-state index contributed by atoms with van der Waals surface area (Å²) < 4.78 is 0. The van der Waals surface area contributed by atoms with Crippen LogP contribution in [0.3, 0.4) is 0 Å². The van der Waals surface area contributed by atoms with Crippen molar-refractivity contribution in [1.82, 2.24) is 0 Å². The summed E-state index contributed by atoms with van der Waals surface area (Å²) in [4.78, 5) is 0. The molecule has 0 unspecified atom stereocenters. The summed E-state index contributed by atoms with van der Waals surface area (Å²) >= 11 is 1.75. The summed E-state index contributed by atoms with van der Waals surface area (Å²) in [6.07, 6.45) is 2.00. The second-order valence-corrected chi connectivity index (χ2v) is 1.06. The molecule has 2 radical (unpaired) electrons. The van der Waals surface area contributed by atoms with Gasteiger partial charge in [0.15, 0.2) is 0 Å². The van der Waals surface area contributed by atoms with E-state index < -0.39 is 0 Å². The zero-order valence-electron chi connectivity index (χ0n) is 8.11. The second kappa shape index (κ2) is 161. The van der Waals surface area contributed by atoms with Gasteiger partial charge in [0.25, 0.3) is 0 Å². The van der Waals surface area contributed by atoms with E-state index in [0.717, 1.165) is 6.42 Å². The van der Waals surface area contributed by atoms with Crippen LogP contribution < -0.4 is 0 Å². The zero-order valence-corrected chi connectivity index (χ0v) is 15.4. The Morgan fingerprint density at radius 3 is 0.929 bits per heavy atom. The van der Waals surface area contributed by atoms with Crippen molar-refractivity contribution in [2.45, 2.75) is 41.5 Å². The molecule has 0 bridgehead atoms. The van der Waals surface area contributed by atoms with Crippen LogP contribution in [-0.4, -0.2) is 0 Å². The quantitative estimate of drug-likeness (QED) is 0.231. The summed E-state index contributed by atoms with van der Waals surface area (Å²) in [5.41, 5.74) is 0. The summed E-state index contributed by atoms with van der Waals surface area (Å²) in [7, 11) is 4.58. The molecular weight excluding hydrogens is 746 g/mol. The van der Waals surface area contributed by atoms with Crippen LogP contribution in [0.4, 0.5) is 0 Å². The van der Waals surface area contributed by atoms with Gasteiger partial charge in [-0.2, -0.15) is 0 Å². The summed E-state index contributed by atoms with van der Waals surface area (Å²) in [5, 5.41) is 0. The normalized spacial score (nSPS) is 3.07. The molecule has 14 heavy (non-hydrogen) atoms. The van der Waals surface area contributed by atoms with Gasteiger partial charge < -0.3 is 35.1 Å². The molecule has 0 spiro atoms. The monoisotopic (exact) mass is 774 g/mol. The summed E-state index contributed by atoms with van der Waals surface area (Å²) in [6.45, 7) is 11.0. The Bertz CT molecular complexity index is 17.3. The van der Waals surface area contributed by atoms with Crippen LogP contribution in [0.1, 0.15) is 41.5 Å². The van der Waals surface area contributed by atoms with E-state index in [-0.39, 0.29) is 74.5 Å². The van der Waals surface area contributed by atoms with Gasteiger partial charge >= 0.3 is 29.2 Å². The minimum absolute atomic E-state index is 0.